The third-order valence-electron chi connectivity index (χ3n) is 2.89. The number of Topliss-reactive ketones (excluding diaryl/α,β-unsaturated/α-hetero) is 1. The van der Waals surface area contributed by atoms with Crippen LogP contribution >= 0.6 is 11.6 Å². The second kappa shape index (κ2) is 6.74. The Balaban J connectivity index is 2.45. The van der Waals surface area contributed by atoms with Crippen molar-refractivity contribution in [3.63, 3.8) is 0 Å². The number of hydrogen-bond acceptors (Lipinski definition) is 3. The predicted molar refractivity (Wildman–Crippen MR) is 82.4 cm³/mol. The quantitative estimate of drug-likeness (QED) is 0.484. The number of carbonyl (C=O) groups excluding carboxylic acids is 1. The van der Waals surface area contributed by atoms with E-state index >= 15 is 0 Å². The molecule has 21 heavy (non-hydrogen) atoms. The van der Waals surface area contributed by atoms with Crippen molar-refractivity contribution in [2.24, 2.45) is 0 Å². The van der Waals surface area contributed by atoms with E-state index in [1.54, 1.807) is 42.5 Å². The van der Waals surface area contributed by atoms with Crippen molar-refractivity contribution in [2.45, 2.75) is 0 Å². The molecule has 104 valence electrons. The van der Waals surface area contributed by atoms with Gasteiger partial charge in [0.2, 0.25) is 5.78 Å². The first-order valence-corrected chi connectivity index (χ1v) is 6.58. The van der Waals surface area contributed by atoms with Crippen LogP contribution in [-0.4, -0.2) is 12.9 Å². The Morgan fingerprint density at radius 3 is 2.57 bits per heavy atom. The molecular weight excluding hydrogens is 286 g/mol. The molecular formula is C17H12ClNO2. The smallest absolute Gasteiger partial charge is 0.203 e. The molecule has 2 aromatic carbocycles. The number of carbonyl (C=O) groups is 1. The molecule has 2 aromatic rings. The number of ketones is 1. The Bertz CT molecular complexity index is 730. The van der Waals surface area contributed by atoms with Crippen molar-refractivity contribution in [3.8, 4) is 11.8 Å². The van der Waals surface area contributed by atoms with Gasteiger partial charge < -0.3 is 4.74 Å². The van der Waals surface area contributed by atoms with Crippen molar-refractivity contribution >= 4 is 23.5 Å². The highest BCUT2D eigenvalue weighted by Crippen LogP contribution is 2.25. The Morgan fingerprint density at radius 1 is 1.24 bits per heavy atom. The highest BCUT2D eigenvalue weighted by molar-refractivity contribution is 6.30. The molecule has 0 heterocycles. The molecule has 0 saturated carbocycles. The van der Waals surface area contributed by atoms with Crippen molar-refractivity contribution in [3.05, 3.63) is 70.3 Å². The molecule has 0 aliphatic rings. The van der Waals surface area contributed by atoms with Gasteiger partial charge in [-0.1, -0.05) is 41.9 Å². The van der Waals surface area contributed by atoms with Gasteiger partial charge in [-0.2, -0.15) is 5.26 Å². The topological polar surface area (TPSA) is 50.1 Å². The summed E-state index contributed by atoms with van der Waals surface area (Å²) in [5.41, 5.74) is 1.08. The van der Waals surface area contributed by atoms with Crippen LogP contribution in [0.15, 0.2) is 54.1 Å². The molecule has 0 unspecified atom stereocenters. The molecule has 0 saturated heterocycles. The van der Waals surface area contributed by atoms with E-state index in [2.05, 4.69) is 0 Å². The van der Waals surface area contributed by atoms with Gasteiger partial charge in [0.15, 0.2) is 0 Å². The molecule has 0 fully saturated rings. The summed E-state index contributed by atoms with van der Waals surface area (Å²) in [6.07, 6.45) is 1.49. The maximum atomic E-state index is 12.3. The first-order valence-electron chi connectivity index (χ1n) is 6.21. The van der Waals surface area contributed by atoms with Gasteiger partial charge in [0.25, 0.3) is 0 Å². The van der Waals surface area contributed by atoms with E-state index in [4.69, 9.17) is 16.3 Å². The fourth-order valence-corrected chi connectivity index (χ4v) is 2.05. The molecule has 0 atom stereocenters. The summed E-state index contributed by atoms with van der Waals surface area (Å²) in [7, 11) is 1.52. The summed E-state index contributed by atoms with van der Waals surface area (Å²) < 4.78 is 5.21. The van der Waals surface area contributed by atoms with Gasteiger partial charge >= 0.3 is 0 Å². The molecule has 0 bridgehead atoms. The Morgan fingerprint density at radius 2 is 1.95 bits per heavy atom. The maximum Gasteiger partial charge on any atom is 0.203 e. The molecule has 0 amide bonds. The number of halogens is 1. The lowest BCUT2D eigenvalue weighted by atomic mass is 10.0. The van der Waals surface area contributed by atoms with Crippen LogP contribution in [0.25, 0.3) is 6.08 Å². The lowest BCUT2D eigenvalue weighted by Crippen LogP contribution is -2.01. The second-order valence-electron chi connectivity index (χ2n) is 4.25. The van der Waals surface area contributed by atoms with Crippen LogP contribution in [0.2, 0.25) is 5.02 Å². The normalized spacial score (nSPS) is 10.8. The molecule has 0 radical (unpaired) electrons. The van der Waals surface area contributed by atoms with E-state index in [1.807, 2.05) is 12.1 Å². The fraction of sp³-hybridized carbons (Fsp3) is 0.0588. The van der Waals surface area contributed by atoms with Crippen LogP contribution in [-0.2, 0) is 0 Å². The van der Waals surface area contributed by atoms with Gasteiger partial charge in [-0.15, -0.1) is 0 Å². The van der Waals surface area contributed by atoms with Gasteiger partial charge in [-0.25, -0.2) is 0 Å². The minimum atomic E-state index is -0.333. The first kappa shape index (κ1) is 14.8. The molecule has 0 aromatic heterocycles. The number of rotatable bonds is 4. The van der Waals surface area contributed by atoms with E-state index in [0.717, 1.165) is 0 Å². The number of nitriles is 1. The van der Waals surface area contributed by atoms with Gasteiger partial charge in [-0.05, 0) is 24.3 Å². The van der Waals surface area contributed by atoms with Gasteiger partial charge in [-0.3, -0.25) is 4.79 Å². The average Bonchev–Trinajstić information content (AvgIpc) is 2.53. The van der Waals surface area contributed by atoms with Crippen molar-refractivity contribution < 1.29 is 9.53 Å². The highest BCUT2D eigenvalue weighted by Gasteiger charge is 2.13. The number of nitrogens with zero attached hydrogens (tertiary/aromatic N) is 1. The molecule has 0 spiro atoms. The lowest BCUT2D eigenvalue weighted by molar-refractivity contribution is 0.104. The third-order valence-corrected chi connectivity index (χ3v) is 3.13. The average molecular weight is 298 g/mol. The number of benzene rings is 2. The summed E-state index contributed by atoms with van der Waals surface area (Å²) >= 11 is 5.94. The van der Waals surface area contributed by atoms with E-state index in [0.29, 0.717) is 21.9 Å². The van der Waals surface area contributed by atoms with Gasteiger partial charge in [0, 0.05) is 16.1 Å². The van der Waals surface area contributed by atoms with Crippen LogP contribution in [0.5, 0.6) is 5.75 Å². The third kappa shape index (κ3) is 3.50. The van der Waals surface area contributed by atoms with Crippen molar-refractivity contribution in [1.29, 1.82) is 5.26 Å². The standard InChI is InChI=1S/C17H12ClNO2/c1-21-16-8-7-15(18)10-13(16)9-14(11-19)17(20)12-5-3-2-4-6-12/h2-10H,1H3/b14-9+. The first-order chi connectivity index (χ1) is 10.2. The lowest BCUT2D eigenvalue weighted by Gasteiger charge is -2.06. The number of allylic oxidation sites excluding steroid dienone is 1. The minimum absolute atomic E-state index is 0.0294. The molecule has 4 heteroatoms. The van der Waals surface area contributed by atoms with Crippen LogP contribution in [0.1, 0.15) is 15.9 Å². The van der Waals surface area contributed by atoms with Crippen LogP contribution in [0.3, 0.4) is 0 Å². The molecule has 3 nitrogen and oxygen atoms in total. The fourth-order valence-electron chi connectivity index (χ4n) is 1.87. The number of hydrogen-bond donors (Lipinski definition) is 0. The molecule has 2 rings (SSSR count). The van der Waals surface area contributed by atoms with E-state index in [9.17, 15) is 10.1 Å². The summed E-state index contributed by atoms with van der Waals surface area (Å²) in [6.45, 7) is 0. The van der Waals surface area contributed by atoms with Crippen LogP contribution in [0.4, 0.5) is 0 Å². The van der Waals surface area contributed by atoms with Crippen molar-refractivity contribution in [2.75, 3.05) is 7.11 Å². The Labute approximate surface area is 128 Å². The van der Waals surface area contributed by atoms with Crippen molar-refractivity contribution in [1.82, 2.24) is 0 Å². The van der Waals surface area contributed by atoms with Gasteiger partial charge in [0.1, 0.15) is 17.4 Å². The monoisotopic (exact) mass is 297 g/mol. The molecule has 0 aliphatic heterocycles. The zero-order chi connectivity index (χ0) is 15.2. The second-order valence-corrected chi connectivity index (χ2v) is 4.69. The molecule has 0 aliphatic carbocycles. The zero-order valence-corrected chi connectivity index (χ0v) is 12.1. The SMILES string of the molecule is COc1ccc(Cl)cc1/C=C(\C#N)C(=O)c1ccccc1. The predicted octanol–water partition coefficient (Wildman–Crippen LogP) is 4.14. The summed E-state index contributed by atoms with van der Waals surface area (Å²) in [5.74, 6) is 0.216. The summed E-state index contributed by atoms with van der Waals surface area (Å²) in [5, 5.41) is 9.75. The van der Waals surface area contributed by atoms with Crippen LogP contribution < -0.4 is 4.74 Å². The zero-order valence-electron chi connectivity index (χ0n) is 11.3. The Kier molecular flexibility index (Phi) is 4.76. The van der Waals surface area contributed by atoms with E-state index < -0.39 is 0 Å². The Hall–Kier alpha value is -2.57. The largest absolute Gasteiger partial charge is 0.496 e. The highest BCUT2D eigenvalue weighted by atomic mass is 35.5. The maximum absolute atomic E-state index is 12.3. The molecule has 0 N–H and O–H groups in total. The van der Waals surface area contributed by atoms with Gasteiger partial charge in [0.05, 0.1) is 7.11 Å². The number of methoxy groups -OCH3 is 1. The van der Waals surface area contributed by atoms with E-state index in [1.165, 1.54) is 13.2 Å². The minimum Gasteiger partial charge on any atom is -0.496 e. The van der Waals surface area contributed by atoms with E-state index in [-0.39, 0.29) is 11.4 Å². The summed E-state index contributed by atoms with van der Waals surface area (Å²) in [6, 6.07) is 15.6. The summed E-state index contributed by atoms with van der Waals surface area (Å²) in [4.78, 5) is 12.3. The van der Waals surface area contributed by atoms with Crippen LogP contribution in [0, 0.1) is 11.3 Å². The number of ether oxygens (including phenoxy) is 1.